The average molecular weight is 418 g/mol. The van der Waals surface area contributed by atoms with Gasteiger partial charge in [0.15, 0.2) is 0 Å². The van der Waals surface area contributed by atoms with Crippen LogP contribution in [-0.4, -0.2) is 5.11 Å². The lowest BCUT2D eigenvalue weighted by Crippen LogP contribution is -1.98. The maximum absolute atomic E-state index is 9.37. The molecule has 18 heavy (non-hydrogen) atoms. The molecular formula is C14H13BrINO. The van der Waals surface area contributed by atoms with Crippen molar-refractivity contribution >= 4 is 49.9 Å². The van der Waals surface area contributed by atoms with Crippen LogP contribution < -0.4 is 5.32 Å². The molecule has 0 bridgehead atoms. The van der Waals surface area contributed by atoms with E-state index in [1.165, 1.54) is 9.13 Å². The summed E-state index contributed by atoms with van der Waals surface area (Å²) < 4.78 is 2.19. The molecule has 0 aliphatic heterocycles. The molecule has 0 amide bonds. The van der Waals surface area contributed by atoms with Gasteiger partial charge in [0.1, 0.15) is 0 Å². The Hall–Kier alpha value is -0.590. The van der Waals surface area contributed by atoms with Gasteiger partial charge >= 0.3 is 0 Å². The molecule has 4 heteroatoms. The summed E-state index contributed by atoms with van der Waals surface area (Å²) in [6, 6.07) is 12.1. The largest absolute Gasteiger partial charge is 0.392 e. The maximum atomic E-state index is 9.37. The van der Waals surface area contributed by atoms with Gasteiger partial charge < -0.3 is 10.4 Å². The lowest BCUT2D eigenvalue weighted by atomic mass is 10.1. The molecule has 0 unspecified atom stereocenters. The number of nitrogens with one attached hydrogen (secondary N) is 1. The average Bonchev–Trinajstić information content (AvgIpc) is 2.34. The number of aliphatic hydroxyl groups excluding tert-OH is 1. The fraction of sp³-hybridized carbons (Fsp3) is 0.143. The van der Waals surface area contributed by atoms with E-state index in [9.17, 15) is 5.11 Å². The molecule has 0 radical (unpaired) electrons. The van der Waals surface area contributed by atoms with E-state index in [-0.39, 0.29) is 6.61 Å². The molecule has 0 aromatic heterocycles. The van der Waals surface area contributed by atoms with Gasteiger partial charge in [-0.25, -0.2) is 0 Å². The standard InChI is InChI=1S/C14H13BrINO/c1-9-6-12(16)3-5-13(9)17-14-4-2-11(15)7-10(14)8-18/h2-7,17-18H,8H2,1H3. The predicted molar refractivity (Wildman–Crippen MR) is 87.2 cm³/mol. The molecule has 2 rings (SSSR count). The van der Waals surface area contributed by atoms with Gasteiger partial charge in [-0.05, 0) is 71.5 Å². The summed E-state index contributed by atoms with van der Waals surface area (Å²) in [5, 5.41) is 12.7. The number of aliphatic hydroxyl groups is 1. The first-order chi connectivity index (χ1) is 8.60. The molecule has 2 N–H and O–H groups in total. The van der Waals surface area contributed by atoms with Crippen LogP contribution in [0.2, 0.25) is 0 Å². The van der Waals surface area contributed by atoms with Crippen LogP contribution in [0.3, 0.4) is 0 Å². The van der Waals surface area contributed by atoms with Crippen molar-refractivity contribution in [1.82, 2.24) is 0 Å². The number of halogens is 2. The molecule has 94 valence electrons. The zero-order valence-corrected chi connectivity index (χ0v) is 13.6. The quantitative estimate of drug-likeness (QED) is 0.715. The smallest absolute Gasteiger partial charge is 0.0702 e. The van der Waals surface area contributed by atoms with Crippen LogP contribution in [0.4, 0.5) is 11.4 Å². The Morgan fingerprint density at radius 2 is 1.89 bits per heavy atom. The van der Waals surface area contributed by atoms with Gasteiger partial charge in [-0.3, -0.25) is 0 Å². The second kappa shape index (κ2) is 6.04. The number of hydrogen-bond acceptors (Lipinski definition) is 2. The van der Waals surface area contributed by atoms with E-state index in [0.717, 1.165) is 21.4 Å². The van der Waals surface area contributed by atoms with Gasteiger partial charge in [-0.15, -0.1) is 0 Å². The lowest BCUT2D eigenvalue weighted by molar-refractivity contribution is 0.282. The molecule has 0 atom stereocenters. The first kappa shape index (κ1) is 13.8. The number of hydrogen-bond donors (Lipinski definition) is 2. The zero-order valence-electron chi connectivity index (χ0n) is 9.87. The van der Waals surface area contributed by atoms with Crippen molar-refractivity contribution in [3.63, 3.8) is 0 Å². The molecule has 2 aromatic rings. The highest BCUT2D eigenvalue weighted by Gasteiger charge is 2.05. The minimum atomic E-state index is 0.0190. The summed E-state index contributed by atoms with van der Waals surface area (Å²) in [5.41, 5.74) is 4.06. The zero-order chi connectivity index (χ0) is 13.1. The third-order valence-electron chi connectivity index (χ3n) is 2.70. The van der Waals surface area contributed by atoms with E-state index < -0.39 is 0 Å². The van der Waals surface area contributed by atoms with Gasteiger partial charge in [0, 0.05) is 25.0 Å². The van der Waals surface area contributed by atoms with Crippen molar-refractivity contribution in [1.29, 1.82) is 0 Å². The second-order valence-electron chi connectivity index (χ2n) is 4.04. The monoisotopic (exact) mass is 417 g/mol. The Kier molecular flexibility index (Phi) is 4.64. The first-order valence-corrected chi connectivity index (χ1v) is 7.40. The summed E-state index contributed by atoms with van der Waals surface area (Å²) >= 11 is 5.70. The number of rotatable bonds is 3. The van der Waals surface area contributed by atoms with Crippen molar-refractivity contribution < 1.29 is 5.11 Å². The molecule has 0 saturated heterocycles. The van der Waals surface area contributed by atoms with Crippen LogP contribution >= 0.6 is 38.5 Å². The molecule has 0 saturated carbocycles. The molecular weight excluding hydrogens is 405 g/mol. The van der Waals surface area contributed by atoms with Crippen molar-refractivity contribution in [3.8, 4) is 0 Å². The van der Waals surface area contributed by atoms with Crippen molar-refractivity contribution in [3.05, 3.63) is 55.6 Å². The highest BCUT2D eigenvalue weighted by molar-refractivity contribution is 14.1. The molecule has 2 aromatic carbocycles. The second-order valence-corrected chi connectivity index (χ2v) is 6.21. The van der Waals surface area contributed by atoms with E-state index in [2.05, 4.69) is 69.0 Å². The van der Waals surface area contributed by atoms with E-state index in [0.29, 0.717) is 0 Å². The third kappa shape index (κ3) is 3.24. The molecule has 0 heterocycles. The highest BCUT2D eigenvalue weighted by atomic mass is 127. The molecule has 0 aliphatic carbocycles. The van der Waals surface area contributed by atoms with Gasteiger partial charge in [-0.1, -0.05) is 15.9 Å². The van der Waals surface area contributed by atoms with Crippen molar-refractivity contribution in [2.45, 2.75) is 13.5 Å². The number of benzene rings is 2. The fourth-order valence-corrected chi connectivity index (χ4v) is 2.78. The Balaban J connectivity index is 2.33. The summed E-state index contributed by atoms with van der Waals surface area (Å²) in [6.07, 6.45) is 0. The van der Waals surface area contributed by atoms with Crippen LogP contribution in [0.15, 0.2) is 40.9 Å². The molecule has 0 spiro atoms. The Labute approximate surface area is 129 Å². The van der Waals surface area contributed by atoms with E-state index >= 15 is 0 Å². The first-order valence-electron chi connectivity index (χ1n) is 5.52. The molecule has 0 fully saturated rings. The normalized spacial score (nSPS) is 10.4. The highest BCUT2D eigenvalue weighted by Crippen LogP contribution is 2.27. The van der Waals surface area contributed by atoms with Gasteiger partial charge in [0.2, 0.25) is 0 Å². The van der Waals surface area contributed by atoms with E-state index in [4.69, 9.17) is 0 Å². The van der Waals surface area contributed by atoms with Crippen LogP contribution in [0.5, 0.6) is 0 Å². The van der Waals surface area contributed by atoms with Crippen LogP contribution in [-0.2, 0) is 6.61 Å². The van der Waals surface area contributed by atoms with E-state index in [1.54, 1.807) is 0 Å². The van der Waals surface area contributed by atoms with E-state index in [1.807, 2.05) is 18.2 Å². The molecule has 2 nitrogen and oxygen atoms in total. The fourth-order valence-electron chi connectivity index (χ4n) is 1.73. The lowest BCUT2D eigenvalue weighted by Gasteiger charge is -2.13. The van der Waals surface area contributed by atoms with Gasteiger partial charge in [0.25, 0.3) is 0 Å². The van der Waals surface area contributed by atoms with Crippen molar-refractivity contribution in [2.75, 3.05) is 5.32 Å². The summed E-state index contributed by atoms with van der Waals surface area (Å²) in [5.74, 6) is 0. The Bertz CT molecular complexity index is 572. The van der Waals surface area contributed by atoms with Crippen LogP contribution in [0, 0.1) is 10.5 Å². The number of anilines is 2. The minimum absolute atomic E-state index is 0.0190. The Morgan fingerprint density at radius 1 is 1.17 bits per heavy atom. The topological polar surface area (TPSA) is 32.3 Å². The van der Waals surface area contributed by atoms with Crippen LogP contribution in [0.25, 0.3) is 0 Å². The van der Waals surface area contributed by atoms with Gasteiger partial charge in [0.05, 0.1) is 6.61 Å². The summed E-state index contributed by atoms with van der Waals surface area (Å²) in [4.78, 5) is 0. The Morgan fingerprint density at radius 3 is 2.56 bits per heavy atom. The SMILES string of the molecule is Cc1cc(I)ccc1Nc1ccc(Br)cc1CO. The number of aryl methyl sites for hydroxylation is 1. The van der Waals surface area contributed by atoms with Gasteiger partial charge in [-0.2, -0.15) is 0 Å². The van der Waals surface area contributed by atoms with Crippen LogP contribution in [0.1, 0.15) is 11.1 Å². The summed E-state index contributed by atoms with van der Waals surface area (Å²) in [7, 11) is 0. The predicted octanol–water partition coefficient (Wildman–Crippen LogP) is 4.60. The molecule has 0 aliphatic rings. The maximum Gasteiger partial charge on any atom is 0.0702 e. The third-order valence-corrected chi connectivity index (χ3v) is 3.86. The van der Waals surface area contributed by atoms with Crippen molar-refractivity contribution in [2.24, 2.45) is 0 Å². The summed E-state index contributed by atoms with van der Waals surface area (Å²) in [6.45, 7) is 2.09. The minimum Gasteiger partial charge on any atom is -0.392 e.